The Bertz CT molecular complexity index is 1020. The Kier molecular flexibility index (Phi) is 6.26. The predicted molar refractivity (Wildman–Crippen MR) is 114 cm³/mol. The molecule has 2 aromatic rings. The van der Waals surface area contributed by atoms with E-state index in [1.807, 2.05) is 6.92 Å². The molecule has 4 N–H and O–H groups in total. The molecule has 1 amide bonds. The summed E-state index contributed by atoms with van der Waals surface area (Å²) in [6.07, 6.45) is 4.54. The van der Waals surface area contributed by atoms with Crippen molar-refractivity contribution in [1.82, 2.24) is 19.8 Å². The van der Waals surface area contributed by atoms with Gasteiger partial charge in [0.1, 0.15) is 16.5 Å². The summed E-state index contributed by atoms with van der Waals surface area (Å²) in [5.41, 5.74) is 5.73. The van der Waals surface area contributed by atoms with Crippen LogP contribution in [0.4, 0.5) is 5.82 Å². The van der Waals surface area contributed by atoms with Crippen LogP contribution in [0.3, 0.4) is 0 Å². The maximum Gasteiger partial charge on any atom is 0.273 e. The fourth-order valence-corrected chi connectivity index (χ4v) is 5.43. The van der Waals surface area contributed by atoms with E-state index < -0.39 is 10.0 Å². The van der Waals surface area contributed by atoms with Crippen LogP contribution in [-0.2, 0) is 10.0 Å². The molecule has 11 heteroatoms. The summed E-state index contributed by atoms with van der Waals surface area (Å²) >= 11 is 0. The van der Waals surface area contributed by atoms with Crippen LogP contribution >= 0.6 is 0 Å². The minimum Gasteiger partial charge on any atom is -0.369 e. The largest absolute Gasteiger partial charge is 0.369 e. The van der Waals surface area contributed by atoms with Gasteiger partial charge in [0, 0.05) is 49.9 Å². The molecule has 1 aliphatic carbocycles. The molecule has 1 saturated heterocycles. The smallest absolute Gasteiger partial charge is 0.273 e. The molecule has 2 aliphatic rings. The van der Waals surface area contributed by atoms with E-state index in [0.717, 1.165) is 18.6 Å². The summed E-state index contributed by atoms with van der Waals surface area (Å²) in [6, 6.07) is 4.49. The number of nitrogens with two attached hydrogens (primary N) is 1. The first-order valence-electron chi connectivity index (χ1n) is 10.6. The zero-order valence-corrected chi connectivity index (χ0v) is 18.3. The van der Waals surface area contributed by atoms with Gasteiger partial charge in [-0.1, -0.05) is 5.16 Å². The van der Waals surface area contributed by atoms with E-state index in [-0.39, 0.29) is 28.6 Å². The number of aromatic nitrogens is 2. The van der Waals surface area contributed by atoms with Gasteiger partial charge in [0.05, 0.1) is 0 Å². The molecular weight excluding hydrogens is 420 g/mol. The Morgan fingerprint density at radius 3 is 2.77 bits per heavy atom. The van der Waals surface area contributed by atoms with Crippen LogP contribution in [-0.4, -0.2) is 60.5 Å². The van der Waals surface area contributed by atoms with Crippen LogP contribution in [0.15, 0.2) is 33.8 Å². The van der Waals surface area contributed by atoms with Crippen molar-refractivity contribution in [3.63, 3.8) is 0 Å². The van der Waals surface area contributed by atoms with Crippen molar-refractivity contribution in [3.8, 4) is 0 Å². The van der Waals surface area contributed by atoms with Crippen LogP contribution < -0.4 is 16.4 Å². The topological polar surface area (TPSA) is 143 Å². The second-order valence-corrected chi connectivity index (χ2v) is 10.0. The third kappa shape index (κ3) is 4.89. The highest BCUT2D eigenvalue weighted by atomic mass is 32.2. The number of hydrogen-bond donors (Lipinski definition) is 3. The fourth-order valence-electron chi connectivity index (χ4n) is 3.83. The normalized spacial score (nSPS) is 22.3. The molecule has 3 heterocycles. The van der Waals surface area contributed by atoms with Crippen LogP contribution in [0.2, 0.25) is 0 Å². The van der Waals surface area contributed by atoms with E-state index in [1.54, 1.807) is 18.2 Å². The number of rotatable bonds is 8. The number of amides is 1. The fraction of sp³-hybridized carbons (Fsp3) is 0.550. The van der Waals surface area contributed by atoms with Crippen LogP contribution in [0.1, 0.15) is 54.8 Å². The standard InChI is InChI=1S/C20H28N6O4S/c1-13-10-15(24-20(27)17-11-18(30-25-17)14-2-3-14)6-9-26(13)31(28,29)16-4-5-19(23-12-16)22-8-7-21/h4-5,11-15H,2-3,6-10,21H2,1H3,(H,22,23)(H,24,27)/t13-,15-/m0/s1. The Morgan fingerprint density at radius 1 is 1.32 bits per heavy atom. The van der Waals surface area contributed by atoms with Gasteiger partial charge in [-0.2, -0.15) is 4.31 Å². The molecule has 0 aromatic carbocycles. The van der Waals surface area contributed by atoms with Crippen molar-refractivity contribution in [2.24, 2.45) is 5.73 Å². The summed E-state index contributed by atoms with van der Waals surface area (Å²) in [5.74, 6) is 1.45. The van der Waals surface area contributed by atoms with Gasteiger partial charge in [0.25, 0.3) is 5.91 Å². The van der Waals surface area contributed by atoms with Crippen LogP contribution in [0, 0.1) is 0 Å². The SMILES string of the molecule is C[C@H]1C[C@@H](NC(=O)c2cc(C3CC3)on2)CCN1S(=O)(=O)c1ccc(NCCN)nc1. The number of hydrogen-bond acceptors (Lipinski definition) is 8. The monoisotopic (exact) mass is 448 g/mol. The average Bonchev–Trinajstić information content (AvgIpc) is 3.48. The minimum atomic E-state index is -3.67. The summed E-state index contributed by atoms with van der Waals surface area (Å²) in [6.45, 7) is 3.18. The maximum absolute atomic E-state index is 13.1. The maximum atomic E-state index is 13.1. The summed E-state index contributed by atoms with van der Waals surface area (Å²) in [5, 5.41) is 9.85. The van der Waals surface area contributed by atoms with Gasteiger partial charge in [-0.05, 0) is 44.7 Å². The van der Waals surface area contributed by atoms with E-state index in [0.29, 0.717) is 44.2 Å². The predicted octanol–water partition coefficient (Wildman–Crippen LogP) is 1.29. The number of carbonyl (C=O) groups is 1. The number of nitrogens with zero attached hydrogens (tertiary/aromatic N) is 3. The molecule has 0 radical (unpaired) electrons. The van der Waals surface area contributed by atoms with Gasteiger partial charge >= 0.3 is 0 Å². The van der Waals surface area contributed by atoms with E-state index in [1.165, 1.54) is 10.5 Å². The molecule has 10 nitrogen and oxygen atoms in total. The van der Waals surface area contributed by atoms with Gasteiger partial charge in [0.15, 0.2) is 5.69 Å². The van der Waals surface area contributed by atoms with Crippen molar-refractivity contribution in [2.75, 3.05) is 25.0 Å². The third-order valence-electron chi connectivity index (χ3n) is 5.68. The van der Waals surface area contributed by atoms with Gasteiger partial charge < -0.3 is 20.9 Å². The lowest BCUT2D eigenvalue weighted by Crippen LogP contribution is -2.50. The number of nitrogens with one attached hydrogen (secondary N) is 2. The van der Waals surface area contributed by atoms with Crippen molar-refractivity contribution in [3.05, 3.63) is 35.9 Å². The molecule has 31 heavy (non-hydrogen) atoms. The second-order valence-electron chi connectivity index (χ2n) is 8.14. The van der Waals surface area contributed by atoms with E-state index in [4.69, 9.17) is 10.3 Å². The first-order chi connectivity index (χ1) is 14.9. The number of sulfonamides is 1. The molecule has 168 valence electrons. The van der Waals surface area contributed by atoms with E-state index in [2.05, 4.69) is 20.8 Å². The Labute approximate surface area is 181 Å². The van der Waals surface area contributed by atoms with Gasteiger partial charge in [0.2, 0.25) is 10.0 Å². The highest BCUT2D eigenvalue weighted by Crippen LogP contribution is 2.40. The van der Waals surface area contributed by atoms with E-state index in [9.17, 15) is 13.2 Å². The van der Waals surface area contributed by atoms with Crippen molar-refractivity contribution in [1.29, 1.82) is 0 Å². The Morgan fingerprint density at radius 2 is 2.13 bits per heavy atom. The highest BCUT2D eigenvalue weighted by Gasteiger charge is 2.36. The number of piperidine rings is 1. The molecule has 0 spiro atoms. The van der Waals surface area contributed by atoms with E-state index >= 15 is 0 Å². The zero-order chi connectivity index (χ0) is 22.0. The lowest BCUT2D eigenvalue weighted by atomic mass is 10.0. The molecular formula is C20H28N6O4S. The number of carbonyl (C=O) groups excluding carboxylic acids is 1. The van der Waals surface area contributed by atoms with Crippen LogP contribution in [0.5, 0.6) is 0 Å². The summed E-state index contributed by atoms with van der Waals surface area (Å²) in [7, 11) is -3.67. The van der Waals surface area contributed by atoms with Crippen molar-refractivity contribution >= 4 is 21.7 Å². The molecule has 4 rings (SSSR count). The number of pyridine rings is 1. The zero-order valence-electron chi connectivity index (χ0n) is 17.5. The van der Waals surface area contributed by atoms with Gasteiger partial charge in [-0.25, -0.2) is 13.4 Å². The van der Waals surface area contributed by atoms with Crippen molar-refractivity contribution in [2.45, 2.75) is 55.5 Å². The highest BCUT2D eigenvalue weighted by molar-refractivity contribution is 7.89. The quantitative estimate of drug-likeness (QED) is 0.548. The third-order valence-corrected chi connectivity index (χ3v) is 7.68. The average molecular weight is 449 g/mol. The molecule has 0 unspecified atom stereocenters. The first-order valence-corrected chi connectivity index (χ1v) is 12.0. The lowest BCUT2D eigenvalue weighted by Gasteiger charge is -2.36. The van der Waals surface area contributed by atoms with Gasteiger partial charge in [-0.15, -0.1) is 0 Å². The molecule has 1 aliphatic heterocycles. The second kappa shape index (κ2) is 8.93. The Hall–Kier alpha value is -2.50. The summed E-state index contributed by atoms with van der Waals surface area (Å²) in [4.78, 5) is 16.8. The van der Waals surface area contributed by atoms with Crippen molar-refractivity contribution < 1.29 is 17.7 Å². The molecule has 1 saturated carbocycles. The molecule has 0 bridgehead atoms. The van der Waals surface area contributed by atoms with Crippen LogP contribution in [0.25, 0.3) is 0 Å². The lowest BCUT2D eigenvalue weighted by molar-refractivity contribution is 0.0905. The number of anilines is 1. The van der Waals surface area contributed by atoms with Gasteiger partial charge in [-0.3, -0.25) is 4.79 Å². The summed E-state index contributed by atoms with van der Waals surface area (Å²) < 4.78 is 32.9. The molecule has 2 atom stereocenters. The molecule has 2 aromatic heterocycles. The Balaban J connectivity index is 1.35. The molecule has 2 fully saturated rings. The first kappa shape index (κ1) is 21.7. The minimum absolute atomic E-state index is 0.129.